The Labute approximate surface area is 183 Å². The molecule has 0 bridgehead atoms. The Balaban J connectivity index is 1.45. The lowest BCUT2D eigenvalue weighted by atomic mass is 9.97. The average Bonchev–Trinajstić information content (AvgIpc) is 3.26. The van der Waals surface area contributed by atoms with Gasteiger partial charge in [0.1, 0.15) is 5.69 Å². The van der Waals surface area contributed by atoms with Crippen LogP contribution in [0.15, 0.2) is 53.9 Å². The Morgan fingerprint density at radius 1 is 1.13 bits per heavy atom. The molecule has 0 unspecified atom stereocenters. The van der Waals surface area contributed by atoms with Crippen molar-refractivity contribution in [3.05, 3.63) is 70.2 Å². The van der Waals surface area contributed by atoms with Crippen molar-refractivity contribution < 1.29 is 4.79 Å². The molecule has 1 aromatic heterocycles. The van der Waals surface area contributed by atoms with Crippen LogP contribution in [0.25, 0.3) is 11.1 Å². The fourth-order valence-electron chi connectivity index (χ4n) is 4.06. The lowest BCUT2D eigenvalue weighted by Crippen LogP contribution is -2.33. The summed E-state index contributed by atoms with van der Waals surface area (Å²) in [7, 11) is 0. The fraction of sp³-hybridized carbons (Fsp3) is 0.360. The molecule has 4 rings (SSSR count). The van der Waals surface area contributed by atoms with Crippen LogP contribution >= 0.6 is 11.3 Å². The van der Waals surface area contributed by atoms with Gasteiger partial charge >= 0.3 is 0 Å². The molecule has 1 aliphatic heterocycles. The molecule has 4 nitrogen and oxygen atoms in total. The third kappa shape index (κ3) is 4.79. The van der Waals surface area contributed by atoms with Crippen molar-refractivity contribution in [2.24, 2.45) is 0 Å². The Bertz CT molecular complexity index is 988. The van der Waals surface area contributed by atoms with Crippen molar-refractivity contribution >= 4 is 22.9 Å². The molecule has 3 aromatic rings. The third-order valence-electron chi connectivity index (χ3n) is 5.77. The highest BCUT2D eigenvalue weighted by atomic mass is 32.1. The predicted molar refractivity (Wildman–Crippen MR) is 125 cm³/mol. The van der Waals surface area contributed by atoms with Crippen LogP contribution in [0.4, 0.5) is 5.69 Å². The summed E-state index contributed by atoms with van der Waals surface area (Å²) in [6, 6.07) is 16.3. The summed E-state index contributed by atoms with van der Waals surface area (Å²) in [6.07, 6.45) is 3.46. The van der Waals surface area contributed by atoms with Gasteiger partial charge in [0.2, 0.25) is 0 Å². The monoisotopic (exact) mass is 419 g/mol. The smallest absolute Gasteiger partial charge is 0.275 e. The largest absolute Gasteiger partial charge is 0.320 e. The molecular weight excluding hydrogens is 390 g/mol. The Morgan fingerprint density at radius 2 is 1.87 bits per heavy atom. The lowest BCUT2D eigenvalue weighted by Gasteiger charge is -2.30. The number of para-hydroxylation sites is 1. The molecule has 0 saturated carbocycles. The van der Waals surface area contributed by atoms with E-state index in [9.17, 15) is 4.79 Å². The minimum Gasteiger partial charge on any atom is -0.320 e. The highest BCUT2D eigenvalue weighted by Crippen LogP contribution is 2.31. The van der Waals surface area contributed by atoms with Gasteiger partial charge < -0.3 is 10.2 Å². The summed E-state index contributed by atoms with van der Waals surface area (Å²) < 4.78 is 0. The van der Waals surface area contributed by atoms with Crippen molar-refractivity contribution in [3.63, 3.8) is 0 Å². The third-order valence-corrected chi connectivity index (χ3v) is 6.78. The Morgan fingerprint density at radius 3 is 2.60 bits per heavy atom. The van der Waals surface area contributed by atoms with Crippen molar-refractivity contribution in [3.8, 4) is 11.1 Å². The molecule has 5 heteroatoms. The molecule has 1 N–H and O–H groups in total. The van der Waals surface area contributed by atoms with Gasteiger partial charge in [-0.2, -0.15) is 0 Å². The summed E-state index contributed by atoms with van der Waals surface area (Å²) in [6.45, 7) is 7.74. The quantitative estimate of drug-likeness (QED) is 0.536. The topological polar surface area (TPSA) is 45.2 Å². The maximum Gasteiger partial charge on any atom is 0.275 e. The van der Waals surface area contributed by atoms with Crippen molar-refractivity contribution in [1.29, 1.82) is 0 Å². The van der Waals surface area contributed by atoms with Crippen molar-refractivity contribution in [2.45, 2.75) is 39.0 Å². The van der Waals surface area contributed by atoms with Crippen LogP contribution in [0.5, 0.6) is 0 Å². The second-order valence-corrected chi connectivity index (χ2v) is 8.94. The molecule has 1 saturated heterocycles. The van der Waals surface area contributed by atoms with Gasteiger partial charge in [0.25, 0.3) is 5.91 Å². The standard InChI is InChI=1S/C25H29N3OS/c1-3-14-28-15-12-20(13-16-28)25-27-23(17-30-25)24(29)26-22-7-5-4-6-21(22)19-10-8-18(2)9-11-19/h4-11,17,20H,3,12-16H2,1-2H3,(H,26,29). The number of hydrogen-bond donors (Lipinski definition) is 1. The molecule has 2 heterocycles. The molecule has 0 aliphatic carbocycles. The van der Waals surface area contributed by atoms with E-state index < -0.39 is 0 Å². The highest BCUT2D eigenvalue weighted by Gasteiger charge is 2.23. The number of aryl methyl sites for hydroxylation is 1. The van der Waals surface area contributed by atoms with Gasteiger partial charge in [0.15, 0.2) is 0 Å². The average molecular weight is 420 g/mol. The molecule has 0 radical (unpaired) electrons. The number of likely N-dealkylation sites (tertiary alicyclic amines) is 1. The fourth-order valence-corrected chi connectivity index (χ4v) is 5.03. The number of rotatable bonds is 6. The van der Waals surface area contributed by atoms with Crippen LogP contribution in [0.2, 0.25) is 0 Å². The van der Waals surface area contributed by atoms with Gasteiger partial charge in [-0.05, 0) is 57.5 Å². The van der Waals surface area contributed by atoms with E-state index in [2.05, 4.69) is 48.3 Å². The maximum absolute atomic E-state index is 12.9. The first-order valence-corrected chi connectivity index (χ1v) is 11.7. The van der Waals surface area contributed by atoms with Crippen LogP contribution in [0.3, 0.4) is 0 Å². The number of nitrogens with one attached hydrogen (secondary N) is 1. The van der Waals surface area contributed by atoms with E-state index in [1.54, 1.807) is 11.3 Å². The molecule has 1 aliphatic rings. The van der Waals surface area contributed by atoms with E-state index in [-0.39, 0.29) is 5.91 Å². The van der Waals surface area contributed by atoms with Crippen LogP contribution in [-0.4, -0.2) is 35.4 Å². The predicted octanol–water partition coefficient (Wildman–Crippen LogP) is 5.96. The summed E-state index contributed by atoms with van der Waals surface area (Å²) in [4.78, 5) is 20.1. The zero-order chi connectivity index (χ0) is 20.9. The SMILES string of the molecule is CCCN1CCC(c2nc(C(=O)Nc3ccccc3-c3ccc(C)cc3)cs2)CC1. The molecule has 1 amide bonds. The number of aromatic nitrogens is 1. The molecule has 2 aromatic carbocycles. The zero-order valence-corrected chi connectivity index (χ0v) is 18.5. The van der Waals surface area contributed by atoms with Gasteiger partial charge in [0.05, 0.1) is 5.01 Å². The normalized spacial score (nSPS) is 15.3. The van der Waals surface area contributed by atoms with Crippen LogP contribution in [0.1, 0.15) is 53.2 Å². The van der Waals surface area contributed by atoms with Crippen LogP contribution < -0.4 is 5.32 Å². The number of hydrogen-bond acceptors (Lipinski definition) is 4. The second-order valence-electron chi connectivity index (χ2n) is 8.05. The molecular formula is C25H29N3OS. The number of benzene rings is 2. The molecule has 1 fully saturated rings. The number of carbonyl (C=O) groups is 1. The molecule has 0 atom stereocenters. The number of piperidine rings is 1. The minimum atomic E-state index is -0.138. The van der Waals surface area contributed by atoms with Crippen molar-refractivity contribution in [1.82, 2.24) is 9.88 Å². The first-order chi connectivity index (χ1) is 14.6. The summed E-state index contributed by atoms with van der Waals surface area (Å²) in [5, 5.41) is 6.08. The first kappa shape index (κ1) is 20.8. The number of thiazole rings is 1. The second kappa shape index (κ2) is 9.54. The van der Waals surface area contributed by atoms with Gasteiger partial charge in [-0.25, -0.2) is 4.98 Å². The number of amides is 1. The first-order valence-electron chi connectivity index (χ1n) is 10.8. The van der Waals surface area contributed by atoms with Gasteiger partial charge in [-0.3, -0.25) is 4.79 Å². The highest BCUT2D eigenvalue weighted by molar-refractivity contribution is 7.10. The Kier molecular flexibility index (Phi) is 6.60. The minimum absolute atomic E-state index is 0.138. The molecule has 30 heavy (non-hydrogen) atoms. The van der Waals surface area contributed by atoms with Gasteiger partial charge in [-0.15, -0.1) is 11.3 Å². The lowest BCUT2D eigenvalue weighted by molar-refractivity contribution is 0.102. The van der Waals surface area contributed by atoms with Crippen LogP contribution in [-0.2, 0) is 0 Å². The van der Waals surface area contributed by atoms with E-state index in [0.717, 1.165) is 47.8 Å². The summed E-state index contributed by atoms with van der Waals surface area (Å²) >= 11 is 1.62. The van der Waals surface area contributed by atoms with Gasteiger partial charge in [-0.1, -0.05) is 55.0 Å². The van der Waals surface area contributed by atoms with Crippen molar-refractivity contribution in [2.75, 3.05) is 25.0 Å². The van der Waals surface area contributed by atoms with Gasteiger partial charge in [0, 0.05) is 22.5 Å². The number of carbonyl (C=O) groups excluding carboxylic acids is 1. The molecule has 156 valence electrons. The number of nitrogens with zero attached hydrogens (tertiary/aromatic N) is 2. The maximum atomic E-state index is 12.9. The summed E-state index contributed by atoms with van der Waals surface area (Å²) in [5.41, 5.74) is 4.66. The van der Waals surface area contributed by atoms with E-state index in [1.165, 1.54) is 18.5 Å². The number of anilines is 1. The van der Waals surface area contributed by atoms with E-state index in [4.69, 9.17) is 4.98 Å². The van der Waals surface area contributed by atoms with E-state index in [1.807, 2.05) is 29.6 Å². The van der Waals surface area contributed by atoms with Crippen LogP contribution in [0, 0.1) is 6.92 Å². The Hall–Kier alpha value is -2.50. The molecule has 0 spiro atoms. The zero-order valence-electron chi connectivity index (χ0n) is 17.7. The van der Waals surface area contributed by atoms with E-state index >= 15 is 0 Å². The summed E-state index contributed by atoms with van der Waals surface area (Å²) in [5.74, 6) is 0.338. The van der Waals surface area contributed by atoms with E-state index in [0.29, 0.717) is 11.6 Å².